The fraction of sp³-hybridized carbons (Fsp3) is 0.421. The number of aliphatic hydroxyl groups is 1. The molecule has 0 saturated heterocycles. The molecule has 156 valence electrons. The van der Waals surface area contributed by atoms with E-state index in [9.17, 15) is 22.7 Å². The van der Waals surface area contributed by atoms with E-state index >= 15 is 0 Å². The van der Waals surface area contributed by atoms with Crippen LogP contribution in [0.4, 0.5) is 23.4 Å². The van der Waals surface area contributed by atoms with Gasteiger partial charge in [0.15, 0.2) is 5.82 Å². The highest BCUT2D eigenvalue weighted by molar-refractivity contribution is 5.48. The second kappa shape index (κ2) is 7.25. The van der Waals surface area contributed by atoms with E-state index in [1.165, 1.54) is 10.6 Å². The molecule has 1 unspecified atom stereocenters. The summed E-state index contributed by atoms with van der Waals surface area (Å²) in [5.41, 5.74) is -0.813. The van der Waals surface area contributed by atoms with Crippen molar-refractivity contribution in [1.29, 1.82) is 0 Å². The van der Waals surface area contributed by atoms with Crippen molar-refractivity contribution in [2.45, 2.75) is 46.5 Å². The molecular formula is C19H21F4N5O. The van der Waals surface area contributed by atoms with Crippen LogP contribution < -0.4 is 5.32 Å². The molecule has 3 rings (SSSR count). The average molecular weight is 411 g/mol. The maximum absolute atomic E-state index is 14.2. The minimum Gasteiger partial charge on any atom is -0.388 e. The van der Waals surface area contributed by atoms with Crippen LogP contribution >= 0.6 is 0 Å². The highest BCUT2D eigenvalue weighted by atomic mass is 19.4. The molecule has 6 nitrogen and oxygen atoms in total. The predicted octanol–water partition coefficient (Wildman–Crippen LogP) is 4.28. The van der Waals surface area contributed by atoms with Gasteiger partial charge >= 0.3 is 6.18 Å². The summed E-state index contributed by atoms with van der Waals surface area (Å²) in [6.07, 6.45) is -4.76. The van der Waals surface area contributed by atoms with Crippen molar-refractivity contribution in [3.63, 3.8) is 0 Å². The first-order chi connectivity index (χ1) is 13.4. The number of nitrogens with one attached hydrogen (secondary N) is 1. The standard InChI is InChI=1S/C19H21F4N5O/c1-10-7-15(28-17(24-10)25-14(9-29)27-28)26-16(18(2,3)4)11-5-6-12(13(20)8-11)19(21,22)23/h5-8,16,26,29H,9H2,1-4H3. The lowest BCUT2D eigenvalue weighted by molar-refractivity contribution is -0.140. The van der Waals surface area contributed by atoms with Crippen LogP contribution in [0, 0.1) is 18.2 Å². The first kappa shape index (κ1) is 21.0. The van der Waals surface area contributed by atoms with Gasteiger partial charge in [0.05, 0.1) is 11.6 Å². The van der Waals surface area contributed by atoms with Gasteiger partial charge in [-0.2, -0.15) is 22.7 Å². The molecule has 29 heavy (non-hydrogen) atoms. The second-order valence-corrected chi connectivity index (χ2v) is 7.86. The number of anilines is 1. The number of halogens is 4. The lowest BCUT2D eigenvalue weighted by Crippen LogP contribution is -2.27. The highest BCUT2D eigenvalue weighted by Gasteiger charge is 2.35. The van der Waals surface area contributed by atoms with Crippen molar-refractivity contribution in [3.05, 3.63) is 52.7 Å². The van der Waals surface area contributed by atoms with E-state index in [1.807, 2.05) is 20.8 Å². The largest absolute Gasteiger partial charge is 0.419 e. The molecule has 0 bridgehead atoms. The number of rotatable bonds is 4. The van der Waals surface area contributed by atoms with Crippen molar-refractivity contribution >= 4 is 11.6 Å². The molecule has 0 amide bonds. The van der Waals surface area contributed by atoms with E-state index in [2.05, 4.69) is 20.4 Å². The summed E-state index contributed by atoms with van der Waals surface area (Å²) in [6.45, 7) is 7.03. The molecule has 0 spiro atoms. The van der Waals surface area contributed by atoms with Gasteiger partial charge in [0, 0.05) is 11.8 Å². The van der Waals surface area contributed by atoms with Crippen molar-refractivity contribution in [2.75, 3.05) is 5.32 Å². The molecule has 0 saturated carbocycles. The van der Waals surface area contributed by atoms with Crippen LogP contribution in [-0.4, -0.2) is 24.7 Å². The van der Waals surface area contributed by atoms with Gasteiger partial charge in [-0.3, -0.25) is 0 Å². The second-order valence-electron chi connectivity index (χ2n) is 7.86. The number of aromatic nitrogens is 4. The molecule has 2 aromatic heterocycles. The molecule has 2 heterocycles. The Labute approximate surface area is 164 Å². The number of aryl methyl sites for hydroxylation is 1. The van der Waals surface area contributed by atoms with Gasteiger partial charge in [-0.25, -0.2) is 9.37 Å². The Hall–Kier alpha value is -2.75. The summed E-state index contributed by atoms with van der Waals surface area (Å²) < 4.78 is 54.3. The van der Waals surface area contributed by atoms with Gasteiger partial charge in [0.2, 0.25) is 0 Å². The molecular weight excluding hydrogens is 390 g/mol. The summed E-state index contributed by atoms with van der Waals surface area (Å²) >= 11 is 0. The summed E-state index contributed by atoms with van der Waals surface area (Å²) in [5, 5.41) is 16.7. The van der Waals surface area contributed by atoms with Crippen molar-refractivity contribution in [3.8, 4) is 0 Å². The fourth-order valence-electron chi connectivity index (χ4n) is 3.09. The fourth-order valence-corrected chi connectivity index (χ4v) is 3.09. The average Bonchev–Trinajstić information content (AvgIpc) is 3.00. The predicted molar refractivity (Wildman–Crippen MR) is 98.7 cm³/mol. The Kier molecular flexibility index (Phi) is 5.24. The van der Waals surface area contributed by atoms with E-state index in [4.69, 9.17) is 0 Å². The zero-order valence-electron chi connectivity index (χ0n) is 16.3. The molecule has 10 heteroatoms. The number of aliphatic hydroxyl groups excluding tert-OH is 1. The highest BCUT2D eigenvalue weighted by Crippen LogP contribution is 2.38. The third kappa shape index (κ3) is 4.31. The number of nitrogens with zero attached hydrogens (tertiary/aromatic N) is 4. The van der Waals surface area contributed by atoms with Gasteiger partial charge < -0.3 is 10.4 Å². The van der Waals surface area contributed by atoms with Gasteiger partial charge in [-0.15, -0.1) is 5.10 Å². The van der Waals surface area contributed by atoms with Gasteiger partial charge in [0.25, 0.3) is 5.78 Å². The number of benzene rings is 1. The quantitative estimate of drug-likeness (QED) is 0.627. The zero-order valence-corrected chi connectivity index (χ0v) is 16.3. The first-order valence-electron chi connectivity index (χ1n) is 8.87. The van der Waals surface area contributed by atoms with Gasteiger partial charge in [0.1, 0.15) is 18.2 Å². The Morgan fingerprint density at radius 3 is 2.38 bits per heavy atom. The first-order valence-corrected chi connectivity index (χ1v) is 8.87. The lowest BCUT2D eigenvalue weighted by Gasteiger charge is -2.33. The van der Waals surface area contributed by atoms with Crippen LogP contribution in [0.5, 0.6) is 0 Å². The van der Waals surface area contributed by atoms with Gasteiger partial charge in [-0.1, -0.05) is 26.8 Å². The third-order valence-electron chi connectivity index (χ3n) is 4.42. The van der Waals surface area contributed by atoms with Crippen LogP contribution in [0.25, 0.3) is 5.78 Å². The maximum atomic E-state index is 14.2. The summed E-state index contributed by atoms with van der Waals surface area (Å²) in [5.74, 6) is -0.410. The molecule has 2 N–H and O–H groups in total. The lowest BCUT2D eigenvalue weighted by atomic mass is 9.82. The van der Waals surface area contributed by atoms with Crippen molar-refractivity contribution in [1.82, 2.24) is 19.6 Å². The van der Waals surface area contributed by atoms with Crippen molar-refractivity contribution in [2.24, 2.45) is 5.41 Å². The smallest absolute Gasteiger partial charge is 0.388 e. The number of fused-ring (bicyclic) bond motifs is 1. The van der Waals surface area contributed by atoms with Crippen LogP contribution in [-0.2, 0) is 12.8 Å². The maximum Gasteiger partial charge on any atom is 0.419 e. The summed E-state index contributed by atoms with van der Waals surface area (Å²) in [7, 11) is 0. The Balaban J connectivity index is 2.07. The van der Waals surface area contributed by atoms with Gasteiger partial charge in [-0.05, 0) is 30.0 Å². The summed E-state index contributed by atoms with van der Waals surface area (Å²) in [6, 6.07) is 4.06. The number of hydrogen-bond acceptors (Lipinski definition) is 5. The minimum atomic E-state index is -4.76. The van der Waals surface area contributed by atoms with Crippen LogP contribution in [0.3, 0.4) is 0 Å². The number of alkyl halides is 3. The van der Waals surface area contributed by atoms with E-state index in [-0.39, 0.29) is 18.2 Å². The summed E-state index contributed by atoms with van der Waals surface area (Å²) in [4.78, 5) is 8.37. The molecule has 0 fully saturated rings. The molecule has 0 aliphatic carbocycles. The van der Waals surface area contributed by atoms with E-state index in [0.717, 1.165) is 12.1 Å². The van der Waals surface area contributed by atoms with Crippen molar-refractivity contribution < 1.29 is 22.7 Å². The molecule has 1 aromatic carbocycles. The Morgan fingerprint density at radius 2 is 1.83 bits per heavy atom. The van der Waals surface area contributed by atoms with E-state index in [0.29, 0.717) is 17.1 Å². The normalized spacial score (nSPS) is 13.7. The molecule has 0 aliphatic rings. The zero-order chi connectivity index (χ0) is 21.6. The molecule has 0 radical (unpaired) electrons. The number of hydrogen-bond donors (Lipinski definition) is 2. The van der Waals surface area contributed by atoms with Crippen LogP contribution in [0.1, 0.15) is 49.5 Å². The SMILES string of the molecule is Cc1cc(NC(c2ccc(C(F)(F)F)c(F)c2)C(C)(C)C)n2nc(CO)nc2n1. The Morgan fingerprint density at radius 1 is 1.14 bits per heavy atom. The van der Waals surface area contributed by atoms with E-state index in [1.54, 1.807) is 13.0 Å². The van der Waals surface area contributed by atoms with Crippen LogP contribution in [0.2, 0.25) is 0 Å². The molecule has 3 aromatic rings. The topological polar surface area (TPSA) is 75.3 Å². The Bertz CT molecular complexity index is 1040. The molecule has 1 atom stereocenters. The monoisotopic (exact) mass is 411 g/mol. The van der Waals surface area contributed by atoms with Crippen LogP contribution in [0.15, 0.2) is 24.3 Å². The third-order valence-corrected chi connectivity index (χ3v) is 4.42. The molecule has 0 aliphatic heterocycles. The van der Waals surface area contributed by atoms with E-state index < -0.39 is 29.0 Å². The minimum absolute atomic E-state index is 0.180.